The van der Waals surface area contributed by atoms with Gasteiger partial charge < -0.3 is 30.5 Å². The summed E-state index contributed by atoms with van der Waals surface area (Å²) in [5.41, 5.74) is 5.73. The fraction of sp³-hybridized carbons (Fsp3) is 0.261. The van der Waals surface area contributed by atoms with Crippen molar-refractivity contribution >= 4 is 29.3 Å². The first-order valence-corrected chi connectivity index (χ1v) is 10.5. The lowest BCUT2D eigenvalue weighted by Crippen LogP contribution is -2.22. The van der Waals surface area contributed by atoms with E-state index in [1.54, 1.807) is 14.0 Å². The monoisotopic (exact) mass is 492 g/mol. The second kappa shape index (κ2) is 12.0. The second-order valence-corrected chi connectivity index (χ2v) is 7.74. The van der Waals surface area contributed by atoms with Crippen molar-refractivity contribution in [1.82, 2.24) is 10.2 Å². The van der Waals surface area contributed by atoms with E-state index in [4.69, 9.17) is 26.8 Å². The van der Waals surface area contributed by atoms with Crippen LogP contribution in [0, 0.1) is 5.82 Å². The van der Waals surface area contributed by atoms with Crippen LogP contribution in [-0.4, -0.2) is 61.5 Å². The molecule has 0 bridgehead atoms. The van der Waals surface area contributed by atoms with Gasteiger partial charge >= 0.3 is 0 Å². The number of rotatable bonds is 9. The standard InChI is InChI=1S/C23H26ClFN4O5/c1-13(12-30)33-15-7-14(22(31)28-21(26)5-6-27-2)8-16(9-15)34-20-11-18(24)17(10-19(20)25)23(32)29(3)4/h5-11,13,27,30H,12H2,1-4H3,(H2,26,28,31)/b6-5-/t13-/m0/s1. The number of carbonyl (C=O) groups is 2. The number of halogens is 2. The Morgan fingerprint density at radius 1 is 1.26 bits per heavy atom. The number of ether oxygens (including phenoxy) is 2. The zero-order valence-electron chi connectivity index (χ0n) is 19.1. The Labute approximate surface area is 201 Å². The van der Waals surface area contributed by atoms with Gasteiger partial charge in [-0.15, -0.1) is 0 Å². The molecule has 0 aliphatic carbocycles. The molecule has 0 radical (unpaired) electrons. The maximum absolute atomic E-state index is 14.7. The number of amides is 2. The van der Waals surface area contributed by atoms with Gasteiger partial charge in [-0.25, -0.2) is 4.39 Å². The highest BCUT2D eigenvalue weighted by Crippen LogP contribution is 2.33. The molecule has 0 aliphatic heterocycles. The molecule has 34 heavy (non-hydrogen) atoms. The van der Waals surface area contributed by atoms with Crippen molar-refractivity contribution in [2.24, 2.45) is 10.7 Å². The summed E-state index contributed by atoms with van der Waals surface area (Å²) in [7, 11) is 4.69. The van der Waals surface area contributed by atoms with Crippen molar-refractivity contribution in [3.8, 4) is 17.2 Å². The Morgan fingerprint density at radius 3 is 2.56 bits per heavy atom. The maximum Gasteiger partial charge on any atom is 0.279 e. The molecule has 0 fully saturated rings. The molecule has 0 heterocycles. The summed E-state index contributed by atoms with van der Waals surface area (Å²) < 4.78 is 25.9. The van der Waals surface area contributed by atoms with Gasteiger partial charge in [0.1, 0.15) is 23.4 Å². The summed E-state index contributed by atoms with van der Waals surface area (Å²) in [6.45, 7) is 1.34. The molecule has 182 valence electrons. The van der Waals surface area contributed by atoms with Crippen LogP contribution in [0.3, 0.4) is 0 Å². The van der Waals surface area contributed by atoms with Crippen molar-refractivity contribution < 1.29 is 28.6 Å². The molecule has 1 atom stereocenters. The molecule has 0 spiro atoms. The molecule has 0 unspecified atom stereocenters. The normalized spacial score (nSPS) is 12.4. The van der Waals surface area contributed by atoms with E-state index in [1.165, 1.54) is 49.5 Å². The summed E-state index contributed by atoms with van der Waals surface area (Å²) in [6.07, 6.45) is 2.31. The first kappa shape index (κ1) is 26.6. The van der Waals surface area contributed by atoms with Gasteiger partial charge in [0.05, 0.1) is 17.2 Å². The van der Waals surface area contributed by atoms with Crippen LogP contribution in [0.4, 0.5) is 4.39 Å². The van der Waals surface area contributed by atoms with E-state index in [9.17, 15) is 19.1 Å². The average Bonchev–Trinajstić information content (AvgIpc) is 2.78. The molecule has 2 aromatic carbocycles. The fourth-order valence-corrected chi connectivity index (χ4v) is 2.85. The highest BCUT2D eigenvalue weighted by molar-refractivity contribution is 6.34. The Bertz CT molecular complexity index is 1120. The summed E-state index contributed by atoms with van der Waals surface area (Å²) >= 11 is 6.16. The number of benzene rings is 2. The van der Waals surface area contributed by atoms with Gasteiger partial charge in [-0.1, -0.05) is 11.6 Å². The number of nitrogens with one attached hydrogen (secondary N) is 1. The van der Waals surface area contributed by atoms with Crippen LogP contribution in [-0.2, 0) is 0 Å². The van der Waals surface area contributed by atoms with Gasteiger partial charge in [-0.2, -0.15) is 4.99 Å². The number of nitrogens with two attached hydrogens (primary N) is 1. The quantitative estimate of drug-likeness (QED) is 0.363. The van der Waals surface area contributed by atoms with Crippen molar-refractivity contribution in [2.45, 2.75) is 13.0 Å². The molecule has 2 amide bonds. The van der Waals surface area contributed by atoms with E-state index < -0.39 is 23.7 Å². The van der Waals surface area contributed by atoms with Crippen molar-refractivity contribution in [3.63, 3.8) is 0 Å². The number of amidine groups is 1. The van der Waals surface area contributed by atoms with Crippen LogP contribution >= 0.6 is 11.6 Å². The topological polar surface area (TPSA) is 126 Å². The van der Waals surface area contributed by atoms with E-state index in [-0.39, 0.29) is 45.8 Å². The smallest absolute Gasteiger partial charge is 0.279 e. The van der Waals surface area contributed by atoms with Crippen LogP contribution < -0.4 is 20.5 Å². The molecule has 4 N–H and O–H groups in total. The predicted octanol–water partition coefficient (Wildman–Crippen LogP) is 2.96. The number of aliphatic imine (C=N–C) groups is 1. The minimum Gasteiger partial charge on any atom is -0.488 e. The Balaban J connectivity index is 2.46. The van der Waals surface area contributed by atoms with Crippen molar-refractivity contribution in [3.05, 3.63) is 64.6 Å². The van der Waals surface area contributed by atoms with Gasteiger partial charge in [0, 0.05) is 38.8 Å². The Morgan fingerprint density at radius 2 is 1.94 bits per heavy atom. The average molecular weight is 493 g/mol. The Kier molecular flexibility index (Phi) is 9.40. The molecular formula is C23H26ClFN4O5. The van der Waals surface area contributed by atoms with Crippen LogP contribution in [0.5, 0.6) is 17.2 Å². The summed E-state index contributed by atoms with van der Waals surface area (Å²) in [5, 5.41) is 12.0. The third-order valence-corrected chi connectivity index (χ3v) is 4.57. The van der Waals surface area contributed by atoms with E-state index in [0.29, 0.717) is 0 Å². The second-order valence-electron chi connectivity index (χ2n) is 7.33. The molecule has 0 saturated carbocycles. The van der Waals surface area contributed by atoms with Crippen LogP contribution in [0.2, 0.25) is 5.02 Å². The highest BCUT2D eigenvalue weighted by atomic mass is 35.5. The van der Waals surface area contributed by atoms with Crippen LogP contribution in [0.1, 0.15) is 27.6 Å². The van der Waals surface area contributed by atoms with Crippen molar-refractivity contribution in [1.29, 1.82) is 0 Å². The Hall–Kier alpha value is -3.63. The summed E-state index contributed by atoms with van der Waals surface area (Å²) in [4.78, 5) is 29.8. The summed E-state index contributed by atoms with van der Waals surface area (Å²) in [5.74, 6) is -2.12. The third-order valence-electron chi connectivity index (χ3n) is 4.26. The van der Waals surface area contributed by atoms with Gasteiger partial charge in [0.25, 0.3) is 11.8 Å². The van der Waals surface area contributed by atoms with E-state index in [0.717, 1.165) is 12.1 Å². The van der Waals surface area contributed by atoms with Crippen LogP contribution in [0.25, 0.3) is 0 Å². The predicted molar refractivity (Wildman–Crippen MR) is 127 cm³/mol. The molecule has 0 aliphatic rings. The molecular weight excluding hydrogens is 467 g/mol. The third kappa shape index (κ3) is 7.19. The van der Waals surface area contributed by atoms with E-state index in [2.05, 4.69) is 10.3 Å². The molecule has 9 nitrogen and oxygen atoms in total. The highest BCUT2D eigenvalue weighted by Gasteiger charge is 2.19. The SMILES string of the molecule is CN/C=C\C(N)=NC(=O)c1cc(Oc2cc(Cl)c(C(=O)N(C)C)cc2F)cc(O[C@@H](C)CO)c1. The minimum absolute atomic E-state index is 0.0126. The largest absolute Gasteiger partial charge is 0.488 e. The van der Waals surface area contributed by atoms with E-state index >= 15 is 0 Å². The molecule has 11 heteroatoms. The van der Waals surface area contributed by atoms with Gasteiger partial charge in [-0.3, -0.25) is 9.59 Å². The number of nitrogens with zero attached hydrogens (tertiary/aromatic N) is 2. The number of hydrogen-bond donors (Lipinski definition) is 3. The van der Waals surface area contributed by atoms with E-state index in [1.807, 2.05) is 0 Å². The maximum atomic E-state index is 14.7. The summed E-state index contributed by atoms with van der Waals surface area (Å²) in [6, 6.07) is 6.26. The molecule has 2 rings (SSSR count). The number of aliphatic hydroxyl groups excluding tert-OH is 1. The molecule has 2 aromatic rings. The number of carbonyl (C=O) groups excluding carboxylic acids is 2. The minimum atomic E-state index is -0.836. The lowest BCUT2D eigenvalue weighted by Gasteiger charge is -2.16. The number of hydrogen-bond acceptors (Lipinski definition) is 6. The van der Waals surface area contributed by atoms with Gasteiger partial charge in [-0.05, 0) is 37.4 Å². The zero-order valence-corrected chi connectivity index (χ0v) is 19.9. The first-order valence-electron chi connectivity index (χ1n) is 10.1. The molecule has 0 saturated heterocycles. The van der Waals surface area contributed by atoms with Gasteiger partial charge in [0.2, 0.25) is 0 Å². The molecule has 0 aromatic heterocycles. The van der Waals surface area contributed by atoms with Crippen molar-refractivity contribution in [2.75, 3.05) is 27.7 Å². The first-order chi connectivity index (χ1) is 16.0. The fourth-order valence-electron chi connectivity index (χ4n) is 2.62. The van der Waals surface area contributed by atoms with Gasteiger partial charge in [0.15, 0.2) is 11.6 Å². The van der Waals surface area contributed by atoms with Crippen LogP contribution in [0.15, 0.2) is 47.6 Å². The zero-order chi connectivity index (χ0) is 25.4. The number of aliphatic hydroxyl groups is 1. The lowest BCUT2D eigenvalue weighted by atomic mass is 10.1. The lowest BCUT2D eigenvalue weighted by molar-refractivity contribution is 0.0827.